The van der Waals surface area contributed by atoms with Crippen molar-refractivity contribution in [1.82, 2.24) is 20.4 Å². The average molecular weight is 322 g/mol. The number of hydrogen-bond donors (Lipinski definition) is 2. The fourth-order valence-electron chi connectivity index (χ4n) is 3.44. The van der Waals surface area contributed by atoms with Crippen LogP contribution in [0.15, 0.2) is 6.07 Å². The van der Waals surface area contributed by atoms with Gasteiger partial charge >= 0.3 is 0 Å². The SMILES string of the molecule is COCC1(CNC(=O)CC(C)n2nc(C)cc2C)CCNCC1. The topological polar surface area (TPSA) is 68.2 Å². The molecule has 1 aromatic rings. The standard InChI is InChI=1S/C17H30N4O2/c1-13-9-14(2)21(20-13)15(3)10-16(22)19-11-17(12-23-4)5-7-18-8-6-17/h9,15,18H,5-8,10-12H2,1-4H3,(H,19,22). The molecule has 0 aromatic carbocycles. The number of carbonyl (C=O) groups excluding carboxylic acids is 1. The third-order valence-corrected chi connectivity index (χ3v) is 4.72. The number of piperidine rings is 1. The van der Waals surface area contributed by atoms with Crippen LogP contribution in [0.2, 0.25) is 0 Å². The highest BCUT2D eigenvalue weighted by atomic mass is 16.5. The van der Waals surface area contributed by atoms with E-state index >= 15 is 0 Å². The molecule has 23 heavy (non-hydrogen) atoms. The summed E-state index contributed by atoms with van der Waals surface area (Å²) in [5.41, 5.74) is 2.15. The molecule has 1 atom stereocenters. The molecule has 6 heteroatoms. The van der Waals surface area contributed by atoms with Crippen molar-refractivity contribution in [1.29, 1.82) is 0 Å². The van der Waals surface area contributed by atoms with Crippen LogP contribution in [0.1, 0.15) is 43.6 Å². The molecule has 1 aliphatic heterocycles. The van der Waals surface area contributed by atoms with E-state index < -0.39 is 0 Å². The molecule has 1 aromatic heterocycles. The lowest BCUT2D eigenvalue weighted by molar-refractivity contribution is -0.122. The van der Waals surface area contributed by atoms with Crippen LogP contribution in [0.25, 0.3) is 0 Å². The van der Waals surface area contributed by atoms with Crippen LogP contribution in [-0.4, -0.2) is 49.0 Å². The van der Waals surface area contributed by atoms with Crippen LogP contribution < -0.4 is 10.6 Å². The minimum absolute atomic E-state index is 0.0649. The van der Waals surface area contributed by atoms with Crippen molar-refractivity contribution in [3.8, 4) is 0 Å². The zero-order chi connectivity index (χ0) is 16.9. The number of ether oxygens (including phenoxy) is 1. The minimum Gasteiger partial charge on any atom is -0.384 e. The van der Waals surface area contributed by atoms with E-state index in [1.807, 2.05) is 31.5 Å². The van der Waals surface area contributed by atoms with Crippen LogP contribution in [0, 0.1) is 19.3 Å². The third-order valence-electron chi connectivity index (χ3n) is 4.72. The number of rotatable bonds is 7. The number of aromatic nitrogens is 2. The highest BCUT2D eigenvalue weighted by Crippen LogP contribution is 2.28. The predicted octanol–water partition coefficient (Wildman–Crippen LogP) is 1.58. The Kier molecular flexibility index (Phi) is 6.18. The molecule has 0 saturated carbocycles. The summed E-state index contributed by atoms with van der Waals surface area (Å²) >= 11 is 0. The van der Waals surface area contributed by atoms with Gasteiger partial charge in [-0.1, -0.05) is 0 Å². The Bertz CT molecular complexity index is 515. The van der Waals surface area contributed by atoms with Gasteiger partial charge in [-0.25, -0.2) is 0 Å². The molecule has 0 bridgehead atoms. The van der Waals surface area contributed by atoms with Gasteiger partial charge in [0.05, 0.1) is 18.3 Å². The average Bonchev–Trinajstić information content (AvgIpc) is 2.85. The van der Waals surface area contributed by atoms with Gasteiger partial charge in [0.1, 0.15) is 0 Å². The van der Waals surface area contributed by atoms with E-state index in [9.17, 15) is 4.79 Å². The minimum atomic E-state index is 0.0649. The first-order valence-electron chi connectivity index (χ1n) is 8.45. The lowest BCUT2D eigenvalue weighted by Gasteiger charge is -2.37. The van der Waals surface area contributed by atoms with Gasteiger partial charge in [-0.2, -0.15) is 5.10 Å². The fraction of sp³-hybridized carbons (Fsp3) is 0.765. The van der Waals surface area contributed by atoms with Crippen molar-refractivity contribution in [3.63, 3.8) is 0 Å². The first-order chi connectivity index (χ1) is 11.0. The van der Waals surface area contributed by atoms with E-state index in [0.717, 1.165) is 37.3 Å². The van der Waals surface area contributed by atoms with Crippen molar-refractivity contribution < 1.29 is 9.53 Å². The molecule has 6 nitrogen and oxygen atoms in total. The van der Waals surface area contributed by atoms with Crippen LogP contribution in [0.5, 0.6) is 0 Å². The maximum absolute atomic E-state index is 12.3. The van der Waals surface area contributed by atoms with E-state index in [1.165, 1.54) is 0 Å². The molecule has 0 spiro atoms. The first kappa shape index (κ1) is 17.9. The number of amides is 1. The Balaban J connectivity index is 1.87. The zero-order valence-electron chi connectivity index (χ0n) is 14.8. The molecule has 2 N–H and O–H groups in total. The molecule has 1 aliphatic rings. The molecule has 1 saturated heterocycles. The maximum atomic E-state index is 12.3. The summed E-state index contributed by atoms with van der Waals surface area (Å²) in [5.74, 6) is 0.0825. The molecule has 1 fully saturated rings. The number of aryl methyl sites for hydroxylation is 2. The van der Waals surface area contributed by atoms with Gasteiger partial charge in [0.25, 0.3) is 0 Å². The highest BCUT2D eigenvalue weighted by Gasteiger charge is 2.32. The summed E-state index contributed by atoms with van der Waals surface area (Å²) in [6, 6.07) is 2.10. The van der Waals surface area contributed by atoms with E-state index in [4.69, 9.17) is 4.74 Å². The third kappa shape index (κ3) is 4.78. The first-order valence-corrected chi connectivity index (χ1v) is 8.45. The molecule has 1 amide bonds. The van der Waals surface area contributed by atoms with Crippen molar-refractivity contribution in [3.05, 3.63) is 17.5 Å². The summed E-state index contributed by atoms with van der Waals surface area (Å²) in [4.78, 5) is 12.3. The summed E-state index contributed by atoms with van der Waals surface area (Å²) in [6.45, 7) is 9.39. The monoisotopic (exact) mass is 322 g/mol. The zero-order valence-corrected chi connectivity index (χ0v) is 14.8. The molecule has 2 heterocycles. The van der Waals surface area contributed by atoms with Crippen LogP contribution in [0.3, 0.4) is 0 Å². The lowest BCUT2D eigenvalue weighted by atomic mass is 9.79. The van der Waals surface area contributed by atoms with Crippen molar-refractivity contribution in [2.24, 2.45) is 5.41 Å². The van der Waals surface area contributed by atoms with E-state index in [-0.39, 0.29) is 17.4 Å². The summed E-state index contributed by atoms with van der Waals surface area (Å²) in [7, 11) is 1.73. The Morgan fingerprint density at radius 3 is 2.74 bits per heavy atom. The number of nitrogens with zero attached hydrogens (tertiary/aromatic N) is 2. The largest absolute Gasteiger partial charge is 0.384 e. The summed E-state index contributed by atoms with van der Waals surface area (Å²) in [5, 5.41) is 10.9. The Morgan fingerprint density at radius 2 is 2.17 bits per heavy atom. The second-order valence-corrected chi connectivity index (χ2v) is 6.88. The molecule has 0 radical (unpaired) electrons. The highest BCUT2D eigenvalue weighted by molar-refractivity contribution is 5.76. The van der Waals surface area contributed by atoms with Gasteiger partial charge < -0.3 is 15.4 Å². The van der Waals surface area contributed by atoms with Crippen molar-refractivity contribution in [2.45, 2.75) is 46.1 Å². The number of hydrogen-bond acceptors (Lipinski definition) is 4. The molecular formula is C17H30N4O2. The van der Waals surface area contributed by atoms with Gasteiger partial charge in [-0.3, -0.25) is 9.48 Å². The van der Waals surface area contributed by atoms with E-state index in [0.29, 0.717) is 19.6 Å². The van der Waals surface area contributed by atoms with Crippen LogP contribution in [-0.2, 0) is 9.53 Å². The molecule has 130 valence electrons. The summed E-state index contributed by atoms with van der Waals surface area (Å²) in [6.07, 6.45) is 2.52. The number of carbonyl (C=O) groups is 1. The second-order valence-electron chi connectivity index (χ2n) is 6.88. The molecule has 2 rings (SSSR count). The predicted molar refractivity (Wildman–Crippen MR) is 90.5 cm³/mol. The normalized spacial score (nSPS) is 18.6. The molecule has 0 aliphatic carbocycles. The van der Waals surface area contributed by atoms with E-state index in [1.54, 1.807) is 7.11 Å². The van der Waals surface area contributed by atoms with Gasteiger partial charge in [0.15, 0.2) is 0 Å². The quantitative estimate of drug-likeness (QED) is 0.800. The smallest absolute Gasteiger partial charge is 0.222 e. The van der Waals surface area contributed by atoms with Gasteiger partial charge in [-0.05, 0) is 52.8 Å². The van der Waals surface area contributed by atoms with Crippen molar-refractivity contribution >= 4 is 5.91 Å². The molecular weight excluding hydrogens is 292 g/mol. The summed E-state index contributed by atoms with van der Waals surface area (Å²) < 4.78 is 7.33. The lowest BCUT2D eigenvalue weighted by Crippen LogP contribution is -2.47. The van der Waals surface area contributed by atoms with Crippen LogP contribution in [0.4, 0.5) is 0 Å². The second kappa shape index (κ2) is 7.93. The van der Waals surface area contributed by atoms with Gasteiger partial charge in [-0.15, -0.1) is 0 Å². The Labute approximate surface area is 139 Å². The fourth-order valence-corrected chi connectivity index (χ4v) is 3.44. The van der Waals surface area contributed by atoms with Crippen LogP contribution >= 0.6 is 0 Å². The van der Waals surface area contributed by atoms with E-state index in [2.05, 4.69) is 15.7 Å². The van der Waals surface area contributed by atoms with Gasteiger partial charge in [0, 0.05) is 31.2 Å². The number of nitrogens with one attached hydrogen (secondary N) is 2. The Hall–Kier alpha value is -1.40. The Morgan fingerprint density at radius 1 is 1.48 bits per heavy atom. The molecule has 1 unspecified atom stereocenters. The maximum Gasteiger partial charge on any atom is 0.222 e. The van der Waals surface area contributed by atoms with Crippen molar-refractivity contribution in [2.75, 3.05) is 33.4 Å². The van der Waals surface area contributed by atoms with Gasteiger partial charge in [0.2, 0.25) is 5.91 Å². The number of methoxy groups -OCH3 is 1.